The third-order valence-corrected chi connectivity index (χ3v) is 5.42. The molecule has 1 heterocycles. The molecule has 4 nitrogen and oxygen atoms in total. The van der Waals surface area contributed by atoms with E-state index in [4.69, 9.17) is 11.6 Å². The van der Waals surface area contributed by atoms with Gasteiger partial charge in [-0.15, -0.1) is 0 Å². The van der Waals surface area contributed by atoms with Crippen LogP contribution in [0.5, 0.6) is 0 Å². The minimum absolute atomic E-state index is 0.0500. The van der Waals surface area contributed by atoms with Crippen molar-refractivity contribution in [2.45, 2.75) is 51.5 Å². The number of carbonyl (C=O) groups excluding carboxylic acids is 2. The molecule has 1 N–H and O–H groups in total. The highest BCUT2D eigenvalue weighted by atomic mass is 35.5. The van der Waals surface area contributed by atoms with Crippen LogP contribution in [0.15, 0.2) is 18.2 Å². The number of amides is 2. The van der Waals surface area contributed by atoms with Crippen LogP contribution in [-0.2, 0) is 9.59 Å². The number of benzene rings is 1. The molecule has 0 bridgehead atoms. The number of halogens is 2. The quantitative estimate of drug-likeness (QED) is 0.833. The molecular formula is C18H22ClFN2O2. The Morgan fingerprint density at radius 2 is 2.12 bits per heavy atom. The lowest BCUT2D eigenvalue weighted by Gasteiger charge is -2.37. The Bertz CT molecular complexity index is 660. The summed E-state index contributed by atoms with van der Waals surface area (Å²) in [6.07, 6.45) is 5.19. The smallest absolute Gasteiger partial charge is 0.240 e. The normalized spacial score (nSPS) is 22.1. The summed E-state index contributed by atoms with van der Waals surface area (Å²) >= 11 is 5.75. The van der Waals surface area contributed by atoms with Crippen molar-refractivity contribution in [3.63, 3.8) is 0 Å². The van der Waals surface area contributed by atoms with Gasteiger partial charge in [0.1, 0.15) is 11.2 Å². The van der Waals surface area contributed by atoms with Gasteiger partial charge in [-0.25, -0.2) is 4.39 Å². The largest absolute Gasteiger partial charge is 0.339 e. The van der Waals surface area contributed by atoms with E-state index in [1.54, 1.807) is 0 Å². The lowest BCUT2D eigenvalue weighted by atomic mass is 9.95. The number of carbonyl (C=O) groups is 2. The fourth-order valence-electron chi connectivity index (χ4n) is 3.45. The molecule has 6 heteroatoms. The van der Waals surface area contributed by atoms with Gasteiger partial charge in [0, 0.05) is 18.3 Å². The number of hydrogen-bond acceptors (Lipinski definition) is 2. The number of nitrogens with zero attached hydrogens (tertiary/aromatic N) is 1. The molecular weight excluding hydrogens is 331 g/mol. The molecule has 3 rings (SSSR count). The molecule has 1 aliphatic carbocycles. The number of hydrogen-bond donors (Lipinski definition) is 1. The van der Waals surface area contributed by atoms with Crippen molar-refractivity contribution in [2.24, 2.45) is 5.41 Å². The molecule has 24 heavy (non-hydrogen) atoms. The highest BCUT2D eigenvalue weighted by molar-refractivity contribution is 6.31. The van der Waals surface area contributed by atoms with Crippen LogP contribution in [0.3, 0.4) is 0 Å². The van der Waals surface area contributed by atoms with Crippen LogP contribution >= 0.6 is 11.6 Å². The van der Waals surface area contributed by atoms with E-state index in [1.807, 2.05) is 4.90 Å². The standard InChI is InChI=1S/C18H22ClFN2O2/c1-2-13-5-3-4-10-22(13)17(24)18(8-9-18)16(23)21-12-6-7-15(20)14(19)11-12/h6-7,11,13H,2-5,8-10H2,1H3,(H,21,23). The maximum absolute atomic E-state index is 13.2. The molecule has 1 aromatic rings. The van der Waals surface area contributed by atoms with Gasteiger partial charge in [-0.05, 0) is 56.7 Å². The van der Waals surface area contributed by atoms with E-state index in [9.17, 15) is 14.0 Å². The van der Waals surface area contributed by atoms with Crippen LogP contribution in [0.25, 0.3) is 0 Å². The van der Waals surface area contributed by atoms with Gasteiger partial charge in [-0.3, -0.25) is 9.59 Å². The van der Waals surface area contributed by atoms with Crippen LogP contribution in [0, 0.1) is 11.2 Å². The minimum atomic E-state index is -0.953. The predicted molar refractivity (Wildman–Crippen MR) is 91.3 cm³/mol. The molecule has 1 saturated heterocycles. The SMILES string of the molecule is CCC1CCCCN1C(=O)C1(C(=O)Nc2ccc(F)c(Cl)c2)CC1. The van der Waals surface area contributed by atoms with E-state index in [0.29, 0.717) is 18.5 Å². The maximum atomic E-state index is 13.2. The predicted octanol–water partition coefficient (Wildman–Crippen LogP) is 3.99. The summed E-state index contributed by atoms with van der Waals surface area (Å²) < 4.78 is 13.2. The van der Waals surface area contributed by atoms with E-state index in [-0.39, 0.29) is 22.9 Å². The van der Waals surface area contributed by atoms with Crippen molar-refractivity contribution in [3.8, 4) is 0 Å². The number of likely N-dealkylation sites (tertiary alicyclic amines) is 1. The molecule has 2 fully saturated rings. The zero-order chi connectivity index (χ0) is 17.3. The Morgan fingerprint density at radius 1 is 1.38 bits per heavy atom. The van der Waals surface area contributed by atoms with Crippen molar-refractivity contribution in [1.82, 2.24) is 4.90 Å². The lowest BCUT2D eigenvalue weighted by molar-refractivity contribution is -0.145. The molecule has 1 atom stereocenters. The molecule has 0 spiro atoms. The Hall–Kier alpha value is -1.62. The summed E-state index contributed by atoms with van der Waals surface area (Å²) in [7, 11) is 0. The fraction of sp³-hybridized carbons (Fsp3) is 0.556. The van der Waals surface area contributed by atoms with Crippen LogP contribution < -0.4 is 5.32 Å². The summed E-state index contributed by atoms with van der Waals surface area (Å²) in [6.45, 7) is 2.81. The van der Waals surface area contributed by atoms with Gasteiger partial charge >= 0.3 is 0 Å². The highest BCUT2D eigenvalue weighted by Gasteiger charge is 2.58. The Morgan fingerprint density at radius 3 is 2.75 bits per heavy atom. The first-order valence-corrected chi connectivity index (χ1v) is 8.93. The minimum Gasteiger partial charge on any atom is -0.339 e. The van der Waals surface area contributed by atoms with Gasteiger partial charge in [-0.2, -0.15) is 0 Å². The first kappa shape index (κ1) is 17.2. The molecule has 130 valence electrons. The second-order valence-corrected chi connectivity index (χ2v) is 7.13. The highest BCUT2D eigenvalue weighted by Crippen LogP contribution is 2.49. The first-order valence-electron chi connectivity index (χ1n) is 8.55. The average Bonchev–Trinajstić information content (AvgIpc) is 3.39. The van der Waals surface area contributed by atoms with Crippen LogP contribution in [0.2, 0.25) is 5.02 Å². The Balaban J connectivity index is 1.73. The fourth-order valence-corrected chi connectivity index (χ4v) is 3.64. The van der Waals surface area contributed by atoms with Crippen molar-refractivity contribution < 1.29 is 14.0 Å². The van der Waals surface area contributed by atoms with Crippen molar-refractivity contribution in [2.75, 3.05) is 11.9 Å². The molecule has 2 amide bonds. The molecule has 0 radical (unpaired) electrons. The summed E-state index contributed by atoms with van der Waals surface area (Å²) in [5.41, 5.74) is -0.540. The van der Waals surface area contributed by atoms with Gasteiger partial charge in [0.25, 0.3) is 0 Å². The van der Waals surface area contributed by atoms with E-state index in [2.05, 4.69) is 12.2 Å². The topological polar surface area (TPSA) is 49.4 Å². The van der Waals surface area contributed by atoms with Gasteiger partial charge in [-0.1, -0.05) is 18.5 Å². The molecule has 1 aromatic carbocycles. The van der Waals surface area contributed by atoms with Crippen molar-refractivity contribution in [1.29, 1.82) is 0 Å². The molecule has 0 aromatic heterocycles. The Labute approximate surface area is 146 Å². The maximum Gasteiger partial charge on any atom is 0.240 e. The summed E-state index contributed by atoms with van der Waals surface area (Å²) in [4.78, 5) is 27.6. The number of piperidine rings is 1. The molecule has 1 saturated carbocycles. The molecule has 2 aliphatic rings. The van der Waals surface area contributed by atoms with E-state index in [1.165, 1.54) is 18.2 Å². The van der Waals surface area contributed by atoms with Gasteiger partial charge in [0.2, 0.25) is 11.8 Å². The van der Waals surface area contributed by atoms with Crippen LogP contribution in [-0.4, -0.2) is 29.3 Å². The number of anilines is 1. The second kappa shape index (κ2) is 6.71. The monoisotopic (exact) mass is 352 g/mol. The van der Waals surface area contributed by atoms with Crippen molar-refractivity contribution in [3.05, 3.63) is 29.0 Å². The van der Waals surface area contributed by atoms with Gasteiger partial charge < -0.3 is 10.2 Å². The summed E-state index contributed by atoms with van der Waals surface area (Å²) in [6, 6.07) is 4.26. The van der Waals surface area contributed by atoms with E-state index in [0.717, 1.165) is 32.2 Å². The zero-order valence-corrected chi connectivity index (χ0v) is 14.5. The zero-order valence-electron chi connectivity index (χ0n) is 13.8. The lowest BCUT2D eigenvalue weighted by Crippen LogP contribution is -2.49. The van der Waals surface area contributed by atoms with Gasteiger partial charge in [0.15, 0.2) is 0 Å². The van der Waals surface area contributed by atoms with Crippen molar-refractivity contribution >= 4 is 29.1 Å². The third-order valence-electron chi connectivity index (χ3n) is 5.13. The van der Waals surface area contributed by atoms with Crippen LogP contribution in [0.4, 0.5) is 10.1 Å². The second-order valence-electron chi connectivity index (χ2n) is 6.72. The molecule has 1 unspecified atom stereocenters. The van der Waals surface area contributed by atoms with Crippen LogP contribution in [0.1, 0.15) is 45.4 Å². The number of rotatable bonds is 4. The molecule has 1 aliphatic heterocycles. The Kier molecular flexibility index (Phi) is 4.81. The van der Waals surface area contributed by atoms with Gasteiger partial charge in [0.05, 0.1) is 5.02 Å². The van der Waals surface area contributed by atoms with E-state index >= 15 is 0 Å². The third kappa shape index (κ3) is 3.14. The summed E-state index contributed by atoms with van der Waals surface area (Å²) in [5, 5.41) is 2.68. The average molecular weight is 353 g/mol. The van der Waals surface area contributed by atoms with E-state index < -0.39 is 11.2 Å². The number of nitrogens with one attached hydrogen (secondary N) is 1. The summed E-state index contributed by atoms with van der Waals surface area (Å²) in [5.74, 6) is -0.902. The first-order chi connectivity index (χ1) is 11.5.